The van der Waals surface area contributed by atoms with Gasteiger partial charge in [-0.2, -0.15) is 9.61 Å². The van der Waals surface area contributed by atoms with Crippen molar-refractivity contribution >= 4 is 5.65 Å². The fourth-order valence-corrected chi connectivity index (χ4v) is 2.82. The highest BCUT2D eigenvalue weighted by Crippen LogP contribution is 2.31. The molecule has 1 aliphatic rings. The SMILES string of the molecule is Cc1ccc2c(c1)-c1nn3cnnc3cc1CCC2. The predicted octanol–water partition coefficient (Wildman–Crippen LogP) is 2.59. The molecule has 3 aromatic rings. The van der Waals surface area contributed by atoms with E-state index < -0.39 is 0 Å². The van der Waals surface area contributed by atoms with Crippen LogP contribution >= 0.6 is 0 Å². The summed E-state index contributed by atoms with van der Waals surface area (Å²) in [7, 11) is 0. The molecule has 0 aliphatic heterocycles. The van der Waals surface area contributed by atoms with Gasteiger partial charge in [-0.3, -0.25) is 0 Å². The number of rotatable bonds is 0. The van der Waals surface area contributed by atoms with Crippen LogP contribution in [0.4, 0.5) is 0 Å². The number of hydrogen-bond donors (Lipinski definition) is 0. The Balaban J connectivity index is 2.06. The van der Waals surface area contributed by atoms with E-state index in [9.17, 15) is 0 Å². The normalized spacial score (nSPS) is 13.9. The lowest BCUT2D eigenvalue weighted by Gasteiger charge is -2.09. The van der Waals surface area contributed by atoms with Crippen molar-refractivity contribution in [3.8, 4) is 11.3 Å². The van der Waals surface area contributed by atoms with E-state index in [0.717, 1.165) is 30.6 Å². The summed E-state index contributed by atoms with van der Waals surface area (Å²) in [5, 5.41) is 12.7. The van der Waals surface area contributed by atoms with E-state index in [1.807, 2.05) is 0 Å². The molecular weight excluding hydrogens is 236 g/mol. The molecule has 1 aromatic carbocycles. The van der Waals surface area contributed by atoms with Gasteiger partial charge in [0.2, 0.25) is 0 Å². The zero-order chi connectivity index (χ0) is 12.8. The van der Waals surface area contributed by atoms with Crippen molar-refractivity contribution in [1.82, 2.24) is 19.8 Å². The second-order valence-electron chi connectivity index (χ2n) is 5.17. The highest BCUT2D eigenvalue weighted by Gasteiger charge is 2.17. The van der Waals surface area contributed by atoms with E-state index in [4.69, 9.17) is 5.10 Å². The van der Waals surface area contributed by atoms with Crippen molar-refractivity contribution < 1.29 is 0 Å². The Labute approximate surface area is 111 Å². The minimum atomic E-state index is 0.829. The number of aromatic nitrogens is 4. The summed E-state index contributed by atoms with van der Waals surface area (Å²) in [6.45, 7) is 2.13. The molecular formula is C15H14N4. The summed E-state index contributed by atoms with van der Waals surface area (Å²) < 4.78 is 1.76. The third kappa shape index (κ3) is 1.63. The Morgan fingerprint density at radius 1 is 1.11 bits per heavy atom. The van der Waals surface area contributed by atoms with Gasteiger partial charge in [-0.25, -0.2) is 0 Å². The Morgan fingerprint density at radius 2 is 2.00 bits per heavy atom. The molecule has 94 valence electrons. The minimum Gasteiger partial charge on any atom is -0.200 e. The highest BCUT2D eigenvalue weighted by atomic mass is 15.3. The summed E-state index contributed by atoms with van der Waals surface area (Å²) >= 11 is 0. The van der Waals surface area contributed by atoms with Gasteiger partial charge in [-0.05, 0) is 49.4 Å². The van der Waals surface area contributed by atoms with Crippen LogP contribution < -0.4 is 0 Å². The first kappa shape index (κ1) is 10.7. The van der Waals surface area contributed by atoms with Crippen LogP contribution in [0.25, 0.3) is 16.9 Å². The van der Waals surface area contributed by atoms with Gasteiger partial charge in [0.05, 0.1) is 5.69 Å². The van der Waals surface area contributed by atoms with Crippen LogP contribution in [0.1, 0.15) is 23.1 Å². The maximum absolute atomic E-state index is 4.71. The molecule has 0 saturated carbocycles. The van der Waals surface area contributed by atoms with Crippen molar-refractivity contribution in [2.45, 2.75) is 26.2 Å². The van der Waals surface area contributed by atoms with Crippen LogP contribution in [0, 0.1) is 6.92 Å². The summed E-state index contributed by atoms with van der Waals surface area (Å²) in [5.41, 5.74) is 7.13. The molecule has 4 nitrogen and oxygen atoms in total. The molecule has 4 rings (SSSR count). The average Bonchev–Trinajstić information content (AvgIpc) is 2.79. The first-order valence-electron chi connectivity index (χ1n) is 6.61. The predicted molar refractivity (Wildman–Crippen MR) is 73.0 cm³/mol. The van der Waals surface area contributed by atoms with Crippen molar-refractivity contribution in [3.05, 3.63) is 47.3 Å². The van der Waals surface area contributed by atoms with Crippen molar-refractivity contribution in [2.24, 2.45) is 0 Å². The Kier molecular flexibility index (Phi) is 2.18. The molecule has 0 saturated heterocycles. The first-order valence-corrected chi connectivity index (χ1v) is 6.61. The van der Waals surface area contributed by atoms with E-state index in [1.54, 1.807) is 10.8 Å². The largest absolute Gasteiger partial charge is 0.200 e. The van der Waals surface area contributed by atoms with Crippen LogP contribution in [-0.2, 0) is 12.8 Å². The quantitative estimate of drug-likeness (QED) is 0.616. The summed E-state index contributed by atoms with van der Waals surface area (Å²) in [4.78, 5) is 0. The zero-order valence-corrected chi connectivity index (χ0v) is 10.8. The van der Waals surface area contributed by atoms with Gasteiger partial charge < -0.3 is 0 Å². The molecule has 0 amide bonds. The molecule has 0 bridgehead atoms. The van der Waals surface area contributed by atoms with Gasteiger partial charge in [-0.1, -0.05) is 17.7 Å². The maximum atomic E-state index is 4.71. The van der Waals surface area contributed by atoms with Crippen molar-refractivity contribution in [3.63, 3.8) is 0 Å². The monoisotopic (exact) mass is 250 g/mol. The van der Waals surface area contributed by atoms with Crippen molar-refractivity contribution in [2.75, 3.05) is 0 Å². The minimum absolute atomic E-state index is 0.829. The Morgan fingerprint density at radius 3 is 2.95 bits per heavy atom. The Hall–Kier alpha value is -2.23. The number of nitrogens with zero attached hydrogens (tertiary/aromatic N) is 4. The molecule has 0 unspecified atom stereocenters. The molecule has 2 heterocycles. The summed E-state index contributed by atoms with van der Waals surface area (Å²) in [6.07, 6.45) is 5.00. The van der Waals surface area contributed by atoms with Crippen LogP contribution in [0.3, 0.4) is 0 Å². The average molecular weight is 250 g/mol. The molecule has 0 atom stereocenters. The topological polar surface area (TPSA) is 43.1 Å². The van der Waals surface area contributed by atoms with Gasteiger partial charge in [0.15, 0.2) is 5.65 Å². The smallest absolute Gasteiger partial charge is 0.177 e. The van der Waals surface area contributed by atoms with E-state index >= 15 is 0 Å². The fourth-order valence-electron chi connectivity index (χ4n) is 2.82. The number of aryl methyl sites for hydroxylation is 3. The summed E-state index contributed by atoms with van der Waals surface area (Å²) in [6, 6.07) is 8.77. The van der Waals surface area contributed by atoms with E-state index in [1.165, 1.54) is 22.3 Å². The molecule has 0 spiro atoms. The van der Waals surface area contributed by atoms with E-state index in [2.05, 4.69) is 41.4 Å². The van der Waals surface area contributed by atoms with E-state index in [-0.39, 0.29) is 0 Å². The molecule has 0 radical (unpaired) electrons. The third-order valence-corrected chi connectivity index (χ3v) is 3.78. The lowest BCUT2D eigenvalue weighted by molar-refractivity contribution is 0.827. The van der Waals surface area contributed by atoms with Gasteiger partial charge in [0.1, 0.15) is 6.33 Å². The zero-order valence-electron chi connectivity index (χ0n) is 10.8. The second kappa shape index (κ2) is 3.88. The number of fused-ring (bicyclic) bond motifs is 4. The molecule has 4 heteroatoms. The van der Waals surface area contributed by atoms with Crippen LogP contribution in [0.5, 0.6) is 0 Å². The molecule has 1 aliphatic carbocycles. The summed E-state index contributed by atoms with van der Waals surface area (Å²) in [5.74, 6) is 0. The molecule has 0 N–H and O–H groups in total. The standard InChI is InChI=1S/C15H14N4/c1-10-5-6-11-3-2-4-12-8-14-17-16-9-19(14)18-15(12)13(11)7-10/h5-9H,2-4H2,1H3. The lowest BCUT2D eigenvalue weighted by Crippen LogP contribution is -1.99. The highest BCUT2D eigenvalue weighted by molar-refractivity contribution is 5.69. The van der Waals surface area contributed by atoms with Crippen LogP contribution in [0.15, 0.2) is 30.6 Å². The number of hydrogen-bond acceptors (Lipinski definition) is 3. The third-order valence-electron chi connectivity index (χ3n) is 3.78. The lowest BCUT2D eigenvalue weighted by atomic mass is 10.00. The van der Waals surface area contributed by atoms with Gasteiger partial charge in [0, 0.05) is 5.56 Å². The molecule has 0 fully saturated rings. The van der Waals surface area contributed by atoms with Crippen LogP contribution in [0.2, 0.25) is 0 Å². The van der Waals surface area contributed by atoms with Gasteiger partial charge in [0.25, 0.3) is 0 Å². The number of benzene rings is 1. The van der Waals surface area contributed by atoms with Crippen LogP contribution in [-0.4, -0.2) is 19.8 Å². The van der Waals surface area contributed by atoms with Gasteiger partial charge in [-0.15, -0.1) is 10.2 Å². The Bertz CT molecular complexity index is 773. The molecule has 19 heavy (non-hydrogen) atoms. The van der Waals surface area contributed by atoms with E-state index in [0.29, 0.717) is 0 Å². The van der Waals surface area contributed by atoms with Gasteiger partial charge >= 0.3 is 0 Å². The molecule has 2 aromatic heterocycles. The maximum Gasteiger partial charge on any atom is 0.177 e. The first-order chi connectivity index (χ1) is 9.31. The fraction of sp³-hybridized carbons (Fsp3) is 0.267. The van der Waals surface area contributed by atoms with Crippen molar-refractivity contribution in [1.29, 1.82) is 0 Å². The second-order valence-corrected chi connectivity index (χ2v) is 5.17.